The topological polar surface area (TPSA) is 124 Å². The Bertz CT molecular complexity index is 1150. The van der Waals surface area contributed by atoms with Crippen molar-refractivity contribution >= 4 is 37.2 Å². The first-order valence-electron chi connectivity index (χ1n) is 8.66. The maximum atomic E-state index is 12.6. The van der Waals surface area contributed by atoms with E-state index in [-0.39, 0.29) is 33.9 Å². The number of hydrogen-bond acceptors (Lipinski definition) is 7. The number of anilines is 1. The van der Waals surface area contributed by atoms with Gasteiger partial charge in [-0.2, -0.15) is 0 Å². The summed E-state index contributed by atoms with van der Waals surface area (Å²) in [6.45, 7) is 0. The van der Waals surface area contributed by atoms with E-state index in [1.165, 1.54) is 37.4 Å². The normalized spacial score (nSPS) is 18.2. The van der Waals surface area contributed by atoms with Crippen LogP contribution in [0, 0.1) is 0 Å². The molecule has 1 amide bonds. The maximum Gasteiger partial charge on any atom is 0.337 e. The Hall–Kier alpha value is -2.72. The Balaban J connectivity index is 1.75. The molecule has 10 heteroatoms. The van der Waals surface area contributed by atoms with Crippen molar-refractivity contribution in [2.24, 2.45) is 0 Å². The predicted octanol–water partition coefficient (Wildman–Crippen LogP) is 1.69. The molecule has 1 fully saturated rings. The van der Waals surface area contributed by atoms with Gasteiger partial charge in [0.25, 0.3) is 5.91 Å². The molecule has 1 aliphatic rings. The summed E-state index contributed by atoms with van der Waals surface area (Å²) in [7, 11) is -5.87. The van der Waals surface area contributed by atoms with Gasteiger partial charge in [-0.1, -0.05) is 6.07 Å². The molecule has 1 N–H and O–H groups in total. The third-order valence-corrected chi connectivity index (χ3v) is 8.80. The van der Waals surface area contributed by atoms with Crippen LogP contribution < -0.4 is 5.32 Å². The van der Waals surface area contributed by atoms with E-state index in [9.17, 15) is 26.4 Å². The lowest BCUT2D eigenvalue weighted by Gasteiger charge is -2.11. The second-order valence-corrected chi connectivity index (χ2v) is 11.1. The number of esters is 1. The average molecular weight is 437 g/mol. The van der Waals surface area contributed by atoms with Crippen molar-refractivity contribution in [1.82, 2.24) is 0 Å². The molecule has 0 spiro atoms. The summed E-state index contributed by atoms with van der Waals surface area (Å²) in [5.74, 6) is -1.54. The molecule has 0 aromatic heterocycles. The van der Waals surface area contributed by atoms with Gasteiger partial charge in [0.1, 0.15) is 0 Å². The van der Waals surface area contributed by atoms with Crippen LogP contribution in [0.25, 0.3) is 0 Å². The summed E-state index contributed by atoms with van der Waals surface area (Å²) in [6.07, 6.45) is 0.0729. The van der Waals surface area contributed by atoms with Gasteiger partial charge in [0.15, 0.2) is 19.7 Å². The third-order valence-electron chi connectivity index (χ3n) is 4.62. The Morgan fingerprint density at radius 3 is 2.34 bits per heavy atom. The van der Waals surface area contributed by atoms with Gasteiger partial charge < -0.3 is 10.1 Å². The molecular formula is C19H19NO7S2. The van der Waals surface area contributed by atoms with Crippen LogP contribution in [0.2, 0.25) is 0 Å². The van der Waals surface area contributed by atoms with Crippen molar-refractivity contribution in [3.05, 3.63) is 59.7 Å². The fourth-order valence-electron chi connectivity index (χ4n) is 3.04. The highest BCUT2D eigenvalue weighted by molar-refractivity contribution is 7.96. The Morgan fingerprint density at radius 2 is 1.76 bits per heavy atom. The Morgan fingerprint density at radius 1 is 1.07 bits per heavy atom. The van der Waals surface area contributed by atoms with Crippen molar-refractivity contribution in [2.75, 3.05) is 23.9 Å². The van der Waals surface area contributed by atoms with E-state index >= 15 is 0 Å². The third kappa shape index (κ3) is 4.65. The number of hydrogen-bond donors (Lipinski definition) is 1. The molecule has 29 heavy (non-hydrogen) atoms. The number of methoxy groups -OCH3 is 1. The Labute approximate surface area is 168 Å². The fourth-order valence-corrected chi connectivity index (χ4v) is 7.40. The molecular weight excluding hydrogens is 418 g/mol. The van der Waals surface area contributed by atoms with Gasteiger partial charge in [-0.05, 0) is 48.9 Å². The maximum absolute atomic E-state index is 12.6. The van der Waals surface area contributed by atoms with Gasteiger partial charge in [0, 0.05) is 11.3 Å². The Kier molecular flexibility index (Phi) is 5.76. The first kappa shape index (κ1) is 21.0. The van der Waals surface area contributed by atoms with Crippen molar-refractivity contribution < 1.29 is 31.2 Å². The van der Waals surface area contributed by atoms with Crippen molar-refractivity contribution in [3.63, 3.8) is 0 Å². The zero-order chi connectivity index (χ0) is 21.2. The molecule has 3 rings (SSSR count). The van der Waals surface area contributed by atoms with Crippen LogP contribution in [0.3, 0.4) is 0 Å². The molecule has 0 radical (unpaired) electrons. The summed E-state index contributed by atoms with van der Waals surface area (Å²) in [5, 5.41) is 1.66. The second-order valence-electron chi connectivity index (χ2n) is 6.62. The number of ether oxygens (including phenoxy) is 1. The number of benzene rings is 2. The minimum atomic E-state index is -3.79. The van der Waals surface area contributed by atoms with Crippen molar-refractivity contribution in [3.8, 4) is 0 Å². The molecule has 0 aliphatic carbocycles. The number of nitrogens with one attached hydrogen (secondary N) is 1. The first-order valence-corrected chi connectivity index (χ1v) is 12.0. The largest absolute Gasteiger partial charge is 0.465 e. The van der Waals surface area contributed by atoms with E-state index in [1.54, 1.807) is 18.2 Å². The summed E-state index contributed by atoms with van der Waals surface area (Å²) >= 11 is 0. The van der Waals surface area contributed by atoms with Crippen LogP contribution in [0.15, 0.2) is 53.4 Å². The first-order chi connectivity index (χ1) is 13.6. The lowest BCUT2D eigenvalue weighted by atomic mass is 10.1. The van der Waals surface area contributed by atoms with Gasteiger partial charge >= 0.3 is 5.97 Å². The molecule has 0 bridgehead atoms. The fraction of sp³-hybridized carbons (Fsp3) is 0.263. The quantitative estimate of drug-likeness (QED) is 0.706. The van der Waals surface area contributed by atoms with Crippen LogP contribution in [0.5, 0.6) is 0 Å². The number of carbonyl (C=O) groups is 2. The summed E-state index contributed by atoms with van der Waals surface area (Å²) in [4.78, 5) is 24.0. The molecule has 1 unspecified atom stereocenters. The van der Waals surface area contributed by atoms with Gasteiger partial charge in [-0.3, -0.25) is 4.79 Å². The molecule has 2 aromatic carbocycles. The van der Waals surface area contributed by atoms with Crippen LogP contribution in [-0.4, -0.2) is 52.6 Å². The zero-order valence-electron chi connectivity index (χ0n) is 15.5. The van der Waals surface area contributed by atoms with E-state index in [0.29, 0.717) is 5.69 Å². The van der Waals surface area contributed by atoms with Crippen LogP contribution in [-0.2, 0) is 24.4 Å². The lowest BCUT2D eigenvalue weighted by Crippen LogP contribution is -2.23. The average Bonchev–Trinajstić information content (AvgIpc) is 3.08. The standard InChI is InChI=1S/C19H19NO7S2/c1-27-19(22)14-3-2-4-15(11-14)20-18(21)13-5-7-16(8-6-13)29(25,26)17-9-10-28(23,24)12-17/h2-8,11,17H,9-10,12H2,1H3,(H,20,21). The highest BCUT2D eigenvalue weighted by Crippen LogP contribution is 2.25. The zero-order valence-corrected chi connectivity index (χ0v) is 17.1. The van der Waals surface area contributed by atoms with E-state index < -0.39 is 36.8 Å². The minimum absolute atomic E-state index is 0.0242. The number of carbonyl (C=O) groups excluding carboxylic acids is 2. The molecule has 1 heterocycles. The number of amides is 1. The molecule has 0 saturated carbocycles. The second kappa shape index (κ2) is 7.96. The van der Waals surface area contributed by atoms with Gasteiger partial charge in [0.05, 0.1) is 34.3 Å². The van der Waals surface area contributed by atoms with Crippen molar-refractivity contribution in [1.29, 1.82) is 0 Å². The number of rotatable bonds is 5. The molecule has 1 atom stereocenters. The molecule has 1 aliphatic heterocycles. The van der Waals surface area contributed by atoms with E-state index in [0.717, 1.165) is 0 Å². The smallest absolute Gasteiger partial charge is 0.337 e. The van der Waals surface area contributed by atoms with Crippen LogP contribution in [0.4, 0.5) is 5.69 Å². The van der Waals surface area contributed by atoms with Crippen molar-refractivity contribution in [2.45, 2.75) is 16.6 Å². The van der Waals surface area contributed by atoms with Gasteiger partial charge in [-0.15, -0.1) is 0 Å². The lowest BCUT2D eigenvalue weighted by molar-refractivity contribution is 0.0600. The van der Waals surface area contributed by atoms with E-state index in [4.69, 9.17) is 0 Å². The summed E-state index contributed by atoms with van der Waals surface area (Å²) in [6, 6.07) is 11.5. The highest BCUT2D eigenvalue weighted by atomic mass is 32.2. The highest BCUT2D eigenvalue weighted by Gasteiger charge is 2.38. The molecule has 154 valence electrons. The molecule has 2 aromatic rings. The van der Waals surface area contributed by atoms with E-state index in [1.807, 2.05) is 0 Å². The summed E-state index contributed by atoms with van der Waals surface area (Å²) < 4.78 is 53.0. The monoisotopic (exact) mass is 437 g/mol. The SMILES string of the molecule is COC(=O)c1cccc(NC(=O)c2ccc(S(=O)(=O)C3CCS(=O)(=O)C3)cc2)c1. The van der Waals surface area contributed by atoms with Gasteiger partial charge in [0.2, 0.25) is 0 Å². The minimum Gasteiger partial charge on any atom is -0.465 e. The van der Waals surface area contributed by atoms with Crippen LogP contribution in [0.1, 0.15) is 27.1 Å². The molecule has 1 saturated heterocycles. The predicted molar refractivity (Wildman–Crippen MR) is 106 cm³/mol. The molecule has 8 nitrogen and oxygen atoms in total. The summed E-state index contributed by atoms with van der Waals surface area (Å²) in [5.41, 5.74) is 0.871. The van der Waals surface area contributed by atoms with Gasteiger partial charge in [-0.25, -0.2) is 21.6 Å². The van der Waals surface area contributed by atoms with Crippen LogP contribution >= 0.6 is 0 Å². The van der Waals surface area contributed by atoms with E-state index in [2.05, 4.69) is 10.1 Å². The number of sulfone groups is 2.